The van der Waals surface area contributed by atoms with E-state index in [1.54, 1.807) is 0 Å². The van der Waals surface area contributed by atoms with Gasteiger partial charge in [-0.25, -0.2) is 0 Å². The minimum Gasteiger partial charge on any atom is -0.352 e. The molecular weight excluding hydrogens is 326 g/mol. The second kappa shape index (κ2) is 8.49. The molecule has 1 aromatic carbocycles. The Bertz CT molecular complexity index is 606. The van der Waals surface area contributed by atoms with Gasteiger partial charge >= 0.3 is 0 Å². The third-order valence-corrected chi connectivity index (χ3v) is 5.00. The van der Waals surface area contributed by atoms with E-state index in [9.17, 15) is 9.59 Å². The summed E-state index contributed by atoms with van der Waals surface area (Å²) in [6, 6.07) is 5.35. The Balaban J connectivity index is 1.97. The molecule has 0 bridgehead atoms. The summed E-state index contributed by atoms with van der Waals surface area (Å²) in [6.45, 7) is 7.20. The van der Waals surface area contributed by atoms with Gasteiger partial charge in [-0.15, -0.1) is 0 Å². The maximum atomic E-state index is 12.6. The average molecular weight is 352 g/mol. The van der Waals surface area contributed by atoms with Crippen molar-refractivity contribution in [3.63, 3.8) is 0 Å². The summed E-state index contributed by atoms with van der Waals surface area (Å²) in [7, 11) is 0. The van der Waals surface area contributed by atoms with E-state index in [2.05, 4.69) is 15.5 Å². The van der Waals surface area contributed by atoms with Crippen molar-refractivity contribution in [3.8, 4) is 0 Å². The fraction of sp³-hybridized carbons (Fsp3) is 0.556. The molecule has 2 N–H and O–H groups in total. The summed E-state index contributed by atoms with van der Waals surface area (Å²) < 4.78 is 0. The molecule has 0 radical (unpaired) electrons. The van der Waals surface area contributed by atoms with Gasteiger partial charge in [-0.1, -0.05) is 24.6 Å². The second-order valence-electron chi connectivity index (χ2n) is 6.33. The second-order valence-corrected chi connectivity index (χ2v) is 6.74. The third kappa shape index (κ3) is 4.71. The Hall–Kier alpha value is -1.59. The lowest BCUT2D eigenvalue weighted by molar-refractivity contribution is -0.122. The molecule has 1 aliphatic heterocycles. The van der Waals surface area contributed by atoms with Crippen LogP contribution in [0.1, 0.15) is 38.7 Å². The van der Waals surface area contributed by atoms with Crippen molar-refractivity contribution in [1.29, 1.82) is 0 Å². The molecule has 2 atom stereocenters. The Labute approximate surface area is 148 Å². The van der Waals surface area contributed by atoms with Gasteiger partial charge in [0, 0.05) is 29.7 Å². The minimum atomic E-state index is -0.260. The zero-order valence-electron chi connectivity index (χ0n) is 14.6. The molecule has 5 nitrogen and oxygen atoms in total. The lowest BCUT2D eigenvalue weighted by Gasteiger charge is -2.36. The number of amides is 2. The van der Waals surface area contributed by atoms with Gasteiger partial charge in [-0.3, -0.25) is 14.5 Å². The van der Waals surface area contributed by atoms with Crippen molar-refractivity contribution in [2.24, 2.45) is 0 Å². The normalized spacial score (nSPS) is 19.6. The average Bonchev–Trinajstić information content (AvgIpc) is 2.58. The summed E-state index contributed by atoms with van der Waals surface area (Å²) in [5.74, 6) is 0.0105. The number of carbonyl (C=O) groups excluding carboxylic acids is 2. The van der Waals surface area contributed by atoms with Crippen LogP contribution in [0, 0.1) is 6.92 Å². The van der Waals surface area contributed by atoms with Crippen LogP contribution in [-0.4, -0.2) is 41.9 Å². The summed E-state index contributed by atoms with van der Waals surface area (Å²) in [5.41, 5.74) is 1.61. The number of rotatable bonds is 5. The molecule has 0 saturated carbocycles. The minimum absolute atomic E-state index is 0.0529. The standard InChI is InChI=1S/C18H26ClN3O2/c1-4-17(23)20-14-7-6-10-22(11-14)13(3)18(24)21-16-9-5-8-15(19)12(16)2/h5,8-9,13-14H,4,6-7,10-11H2,1-3H3,(H,20,23)(H,21,24). The Kier molecular flexibility index (Phi) is 6.63. The van der Waals surface area contributed by atoms with Crippen LogP contribution in [0.5, 0.6) is 0 Å². The lowest BCUT2D eigenvalue weighted by atomic mass is 10.0. The molecule has 1 heterocycles. The highest BCUT2D eigenvalue weighted by atomic mass is 35.5. The Morgan fingerprint density at radius 2 is 2.17 bits per heavy atom. The highest BCUT2D eigenvalue weighted by Gasteiger charge is 2.28. The fourth-order valence-electron chi connectivity index (χ4n) is 2.95. The first-order chi connectivity index (χ1) is 11.4. The molecule has 2 amide bonds. The number of piperidine rings is 1. The summed E-state index contributed by atoms with van der Waals surface area (Å²) in [5, 5.41) is 6.63. The molecule has 2 unspecified atom stereocenters. The van der Waals surface area contributed by atoms with Gasteiger partial charge in [0.15, 0.2) is 0 Å². The number of hydrogen-bond acceptors (Lipinski definition) is 3. The Morgan fingerprint density at radius 3 is 2.88 bits per heavy atom. The van der Waals surface area contributed by atoms with Crippen LogP contribution in [0.2, 0.25) is 5.02 Å². The van der Waals surface area contributed by atoms with E-state index < -0.39 is 0 Å². The molecule has 1 saturated heterocycles. The molecule has 2 rings (SSSR count). The molecule has 1 fully saturated rings. The quantitative estimate of drug-likeness (QED) is 0.857. The van der Waals surface area contributed by atoms with Gasteiger partial charge in [0.1, 0.15) is 0 Å². The number of carbonyl (C=O) groups is 2. The number of halogens is 1. The number of nitrogens with one attached hydrogen (secondary N) is 2. The summed E-state index contributed by atoms with van der Waals surface area (Å²) in [4.78, 5) is 26.3. The molecule has 0 spiro atoms. The maximum absolute atomic E-state index is 12.6. The van der Waals surface area contributed by atoms with Crippen molar-refractivity contribution in [2.45, 2.75) is 52.1 Å². The maximum Gasteiger partial charge on any atom is 0.241 e. The van der Waals surface area contributed by atoms with Gasteiger partial charge in [0.2, 0.25) is 11.8 Å². The molecule has 132 valence electrons. The van der Waals surface area contributed by atoms with Crippen molar-refractivity contribution in [2.75, 3.05) is 18.4 Å². The highest BCUT2D eigenvalue weighted by molar-refractivity contribution is 6.31. The van der Waals surface area contributed by atoms with E-state index in [0.29, 0.717) is 18.0 Å². The van der Waals surface area contributed by atoms with Gasteiger partial charge in [0.25, 0.3) is 0 Å². The zero-order chi connectivity index (χ0) is 17.7. The fourth-order valence-corrected chi connectivity index (χ4v) is 3.13. The van der Waals surface area contributed by atoms with Gasteiger partial charge < -0.3 is 10.6 Å². The number of anilines is 1. The van der Waals surface area contributed by atoms with Crippen LogP contribution in [-0.2, 0) is 9.59 Å². The van der Waals surface area contributed by atoms with Crippen LogP contribution in [0.3, 0.4) is 0 Å². The molecule has 1 aromatic rings. The van der Waals surface area contributed by atoms with Crippen LogP contribution >= 0.6 is 11.6 Å². The predicted octanol–water partition coefficient (Wildman–Crippen LogP) is 2.97. The van der Waals surface area contributed by atoms with Crippen LogP contribution in [0.4, 0.5) is 5.69 Å². The monoisotopic (exact) mass is 351 g/mol. The number of nitrogens with zero attached hydrogens (tertiary/aromatic N) is 1. The zero-order valence-corrected chi connectivity index (χ0v) is 15.3. The molecule has 0 aromatic heterocycles. The molecular formula is C18H26ClN3O2. The Morgan fingerprint density at radius 1 is 1.42 bits per heavy atom. The largest absolute Gasteiger partial charge is 0.352 e. The van der Waals surface area contributed by atoms with E-state index in [-0.39, 0.29) is 23.9 Å². The molecule has 24 heavy (non-hydrogen) atoms. The van der Waals surface area contributed by atoms with Crippen LogP contribution in [0.15, 0.2) is 18.2 Å². The van der Waals surface area contributed by atoms with Crippen molar-refractivity contribution in [3.05, 3.63) is 28.8 Å². The third-order valence-electron chi connectivity index (χ3n) is 4.59. The number of likely N-dealkylation sites (tertiary alicyclic amines) is 1. The van der Waals surface area contributed by atoms with E-state index in [1.165, 1.54) is 0 Å². The lowest BCUT2D eigenvalue weighted by Crippen LogP contribution is -2.53. The van der Waals surface area contributed by atoms with Gasteiger partial charge in [0.05, 0.1) is 6.04 Å². The van der Waals surface area contributed by atoms with Gasteiger partial charge in [-0.2, -0.15) is 0 Å². The van der Waals surface area contributed by atoms with Crippen molar-refractivity contribution >= 4 is 29.1 Å². The van der Waals surface area contributed by atoms with Crippen LogP contribution < -0.4 is 10.6 Å². The van der Waals surface area contributed by atoms with Crippen molar-refractivity contribution in [1.82, 2.24) is 10.2 Å². The molecule has 0 aliphatic carbocycles. The SMILES string of the molecule is CCC(=O)NC1CCCN(C(C)C(=O)Nc2cccc(Cl)c2C)C1. The predicted molar refractivity (Wildman–Crippen MR) is 97.3 cm³/mol. The van der Waals surface area contributed by atoms with E-state index in [0.717, 1.165) is 30.6 Å². The summed E-state index contributed by atoms with van der Waals surface area (Å²) >= 11 is 6.10. The van der Waals surface area contributed by atoms with Crippen molar-refractivity contribution < 1.29 is 9.59 Å². The van der Waals surface area contributed by atoms with E-state index in [1.807, 2.05) is 39.0 Å². The highest BCUT2D eigenvalue weighted by Crippen LogP contribution is 2.23. The first kappa shape index (κ1) is 18.7. The van der Waals surface area contributed by atoms with E-state index >= 15 is 0 Å². The van der Waals surface area contributed by atoms with Crippen LogP contribution in [0.25, 0.3) is 0 Å². The number of hydrogen-bond donors (Lipinski definition) is 2. The topological polar surface area (TPSA) is 61.4 Å². The van der Waals surface area contributed by atoms with Gasteiger partial charge in [-0.05, 0) is 50.9 Å². The summed E-state index contributed by atoms with van der Waals surface area (Å²) in [6.07, 6.45) is 2.42. The van der Waals surface area contributed by atoms with E-state index in [4.69, 9.17) is 11.6 Å². The smallest absolute Gasteiger partial charge is 0.241 e. The number of benzene rings is 1. The molecule has 1 aliphatic rings. The first-order valence-corrected chi connectivity index (χ1v) is 8.89. The first-order valence-electron chi connectivity index (χ1n) is 8.51. The molecule has 6 heteroatoms.